The van der Waals surface area contributed by atoms with Crippen LogP contribution >= 0.6 is 0 Å². The summed E-state index contributed by atoms with van der Waals surface area (Å²) in [4.78, 5) is 16.9. The summed E-state index contributed by atoms with van der Waals surface area (Å²) in [6.07, 6.45) is 3.08. The third-order valence-corrected chi connectivity index (χ3v) is 6.29. The van der Waals surface area contributed by atoms with Crippen LogP contribution < -0.4 is 10.1 Å². The highest BCUT2D eigenvalue weighted by Gasteiger charge is 2.32. The lowest BCUT2D eigenvalue weighted by molar-refractivity contribution is -0.148. The van der Waals surface area contributed by atoms with Crippen molar-refractivity contribution in [3.8, 4) is 5.75 Å². The maximum atomic E-state index is 12.5. The van der Waals surface area contributed by atoms with Gasteiger partial charge in [0.2, 0.25) is 5.91 Å². The molecule has 1 aliphatic carbocycles. The van der Waals surface area contributed by atoms with Gasteiger partial charge in [0.15, 0.2) is 0 Å². The van der Waals surface area contributed by atoms with E-state index in [1.165, 1.54) is 4.90 Å². The summed E-state index contributed by atoms with van der Waals surface area (Å²) in [7, 11) is 0. The summed E-state index contributed by atoms with van der Waals surface area (Å²) in [5, 5.41) is 3.93. The standard InChI is InChI=1S/C22H28F3N3O2/c23-22(24,25)14-28-9-6-15(7-10-28)8-11-30-17-4-5-19-18(12-17)20(13-26-19)27-21(29)16-2-1-3-16/h4-5,12-13,15-16,26H,1-3,6-11,14H2,(H,27,29). The molecule has 4 rings (SSSR count). The zero-order valence-electron chi connectivity index (χ0n) is 16.9. The van der Waals surface area contributed by atoms with Crippen LogP contribution in [0.3, 0.4) is 0 Å². The second kappa shape index (κ2) is 8.88. The molecule has 2 N–H and O–H groups in total. The highest BCUT2D eigenvalue weighted by atomic mass is 19.4. The number of hydrogen-bond donors (Lipinski definition) is 2. The number of benzene rings is 1. The van der Waals surface area contributed by atoms with E-state index >= 15 is 0 Å². The molecule has 1 aromatic carbocycles. The predicted octanol–water partition coefficient (Wildman–Crippen LogP) is 4.95. The first kappa shape index (κ1) is 21.0. The molecular formula is C22H28F3N3O2. The molecule has 5 nitrogen and oxygen atoms in total. The summed E-state index contributed by atoms with van der Waals surface area (Å²) in [5.41, 5.74) is 1.70. The van der Waals surface area contributed by atoms with Crippen molar-refractivity contribution in [2.45, 2.75) is 44.7 Å². The van der Waals surface area contributed by atoms with Crippen LogP contribution in [0.1, 0.15) is 38.5 Å². The van der Waals surface area contributed by atoms with Gasteiger partial charge >= 0.3 is 6.18 Å². The Hall–Kier alpha value is -2.22. The normalized spacial score (nSPS) is 19.0. The molecule has 1 amide bonds. The monoisotopic (exact) mass is 423 g/mol. The van der Waals surface area contributed by atoms with Crippen molar-refractivity contribution in [2.24, 2.45) is 11.8 Å². The van der Waals surface area contributed by atoms with Crippen molar-refractivity contribution in [3.05, 3.63) is 24.4 Å². The minimum atomic E-state index is -4.12. The molecule has 1 aromatic heterocycles. The smallest absolute Gasteiger partial charge is 0.401 e. The maximum absolute atomic E-state index is 12.5. The molecule has 1 saturated carbocycles. The molecule has 0 bridgehead atoms. The zero-order valence-corrected chi connectivity index (χ0v) is 16.9. The first-order chi connectivity index (χ1) is 14.4. The largest absolute Gasteiger partial charge is 0.494 e. The van der Waals surface area contributed by atoms with Gasteiger partial charge in [-0.05, 0) is 69.3 Å². The van der Waals surface area contributed by atoms with Gasteiger partial charge in [0.25, 0.3) is 0 Å². The Balaban J connectivity index is 1.26. The van der Waals surface area contributed by atoms with Gasteiger partial charge < -0.3 is 15.0 Å². The molecule has 2 aliphatic rings. The van der Waals surface area contributed by atoms with Crippen LogP contribution in [0.4, 0.5) is 18.9 Å². The number of carbonyl (C=O) groups excluding carboxylic acids is 1. The van der Waals surface area contributed by atoms with Gasteiger partial charge in [-0.3, -0.25) is 9.69 Å². The minimum Gasteiger partial charge on any atom is -0.494 e. The molecule has 30 heavy (non-hydrogen) atoms. The second-order valence-corrected chi connectivity index (χ2v) is 8.50. The van der Waals surface area contributed by atoms with Gasteiger partial charge in [0, 0.05) is 23.0 Å². The fraction of sp³-hybridized carbons (Fsp3) is 0.591. The number of piperidine rings is 1. The molecule has 1 aliphatic heterocycles. The number of halogens is 3. The molecule has 0 atom stereocenters. The fourth-order valence-corrected chi connectivity index (χ4v) is 4.23. The van der Waals surface area contributed by atoms with Crippen molar-refractivity contribution in [3.63, 3.8) is 0 Å². The molecule has 8 heteroatoms. The zero-order chi connectivity index (χ0) is 21.1. The third-order valence-electron chi connectivity index (χ3n) is 6.29. The highest BCUT2D eigenvalue weighted by Crippen LogP contribution is 2.31. The van der Waals surface area contributed by atoms with Gasteiger partial charge in [0.1, 0.15) is 5.75 Å². The summed E-state index contributed by atoms with van der Waals surface area (Å²) >= 11 is 0. The number of aromatic amines is 1. The van der Waals surface area contributed by atoms with E-state index in [1.807, 2.05) is 18.2 Å². The average molecular weight is 423 g/mol. The van der Waals surface area contributed by atoms with Crippen molar-refractivity contribution < 1.29 is 22.7 Å². The Kier molecular flexibility index (Phi) is 6.22. The van der Waals surface area contributed by atoms with Crippen LogP contribution in [0.25, 0.3) is 10.9 Å². The highest BCUT2D eigenvalue weighted by molar-refractivity contribution is 6.02. The number of ether oxygens (including phenoxy) is 1. The molecule has 164 valence electrons. The molecule has 0 spiro atoms. The number of amides is 1. The Bertz CT molecular complexity index is 868. The molecule has 2 heterocycles. The Morgan fingerprint density at radius 3 is 2.63 bits per heavy atom. The number of hydrogen-bond acceptors (Lipinski definition) is 3. The van der Waals surface area contributed by atoms with Gasteiger partial charge in [-0.15, -0.1) is 0 Å². The number of anilines is 1. The first-order valence-corrected chi connectivity index (χ1v) is 10.7. The lowest BCUT2D eigenvalue weighted by Crippen LogP contribution is -2.40. The quantitative estimate of drug-likeness (QED) is 0.663. The molecular weight excluding hydrogens is 395 g/mol. The van der Waals surface area contributed by atoms with Crippen LogP contribution in [0.5, 0.6) is 5.75 Å². The first-order valence-electron chi connectivity index (χ1n) is 10.7. The van der Waals surface area contributed by atoms with Crippen LogP contribution in [0.15, 0.2) is 24.4 Å². The average Bonchev–Trinajstić information content (AvgIpc) is 3.03. The molecule has 1 saturated heterocycles. The van der Waals surface area contributed by atoms with E-state index in [2.05, 4.69) is 10.3 Å². The Morgan fingerprint density at radius 2 is 1.97 bits per heavy atom. The lowest BCUT2D eigenvalue weighted by Gasteiger charge is -2.32. The molecule has 0 unspecified atom stereocenters. The van der Waals surface area contributed by atoms with Crippen molar-refractivity contribution >= 4 is 22.5 Å². The summed E-state index contributed by atoms with van der Waals surface area (Å²) in [6.45, 7) is 0.698. The van der Waals surface area contributed by atoms with Crippen LogP contribution in [0.2, 0.25) is 0 Å². The number of H-pyrrole nitrogens is 1. The Labute approximate surface area is 174 Å². The number of nitrogens with one attached hydrogen (secondary N) is 2. The van der Waals surface area contributed by atoms with Crippen LogP contribution in [-0.4, -0.2) is 48.2 Å². The van der Waals surface area contributed by atoms with E-state index in [4.69, 9.17) is 4.74 Å². The van der Waals surface area contributed by atoms with E-state index in [0.29, 0.717) is 25.6 Å². The van der Waals surface area contributed by atoms with Gasteiger partial charge in [-0.1, -0.05) is 6.42 Å². The van der Waals surface area contributed by atoms with Crippen molar-refractivity contribution in [1.29, 1.82) is 0 Å². The lowest BCUT2D eigenvalue weighted by atomic mass is 9.85. The topological polar surface area (TPSA) is 57.4 Å². The number of rotatable bonds is 7. The molecule has 2 aromatic rings. The van der Waals surface area contributed by atoms with Crippen molar-refractivity contribution in [2.75, 3.05) is 31.6 Å². The summed E-state index contributed by atoms with van der Waals surface area (Å²) in [5.74, 6) is 1.32. The number of carbonyl (C=O) groups is 1. The van der Waals surface area contributed by atoms with Crippen LogP contribution in [-0.2, 0) is 4.79 Å². The molecule has 0 radical (unpaired) electrons. The predicted molar refractivity (Wildman–Crippen MR) is 110 cm³/mol. The van der Waals surface area contributed by atoms with Gasteiger partial charge in [0.05, 0.1) is 18.8 Å². The number of aromatic nitrogens is 1. The number of alkyl halides is 3. The fourth-order valence-electron chi connectivity index (χ4n) is 4.23. The van der Waals surface area contributed by atoms with Crippen molar-refractivity contribution in [1.82, 2.24) is 9.88 Å². The summed E-state index contributed by atoms with van der Waals surface area (Å²) < 4.78 is 43.4. The Morgan fingerprint density at radius 1 is 1.20 bits per heavy atom. The second-order valence-electron chi connectivity index (χ2n) is 8.50. The third kappa shape index (κ3) is 5.28. The van der Waals surface area contributed by atoms with E-state index < -0.39 is 12.7 Å². The number of fused-ring (bicyclic) bond motifs is 1. The van der Waals surface area contributed by atoms with E-state index in [1.54, 1.807) is 6.20 Å². The van der Waals surface area contributed by atoms with E-state index in [-0.39, 0.29) is 11.8 Å². The maximum Gasteiger partial charge on any atom is 0.401 e. The summed E-state index contributed by atoms with van der Waals surface area (Å²) in [6, 6.07) is 5.75. The van der Waals surface area contributed by atoms with Gasteiger partial charge in [-0.2, -0.15) is 13.2 Å². The number of likely N-dealkylation sites (tertiary alicyclic amines) is 1. The minimum absolute atomic E-state index is 0.0744. The SMILES string of the molecule is O=C(Nc1c[nH]c2ccc(OCCC3CCN(CC(F)(F)F)CC3)cc12)C1CCC1. The van der Waals surface area contributed by atoms with E-state index in [0.717, 1.165) is 60.9 Å². The molecule has 2 fully saturated rings. The number of nitrogens with zero attached hydrogens (tertiary/aromatic N) is 1. The van der Waals surface area contributed by atoms with Crippen LogP contribution in [0, 0.1) is 11.8 Å². The van der Waals surface area contributed by atoms with E-state index in [9.17, 15) is 18.0 Å². The van der Waals surface area contributed by atoms with Gasteiger partial charge in [-0.25, -0.2) is 0 Å².